The van der Waals surface area contributed by atoms with Crippen molar-refractivity contribution >= 4 is 9.24 Å². The second-order valence-corrected chi connectivity index (χ2v) is 3.58. The number of alkyl halides is 11. The quantitative estimate of drug-likeness (QED) is 0.536. The molecule has 0 aromatic rings. The smallest absolute Gasteiger partial charge is 0.216 e. The fraction of sp³-hybridized carbons (Fsp3) is 1.00. The zero-order chi connectivity index (χ0) is 14.5. The fourth-order valence-corrected chi connectivity index (χ4v) is 0.945. The van der Waals surface area contributed by atoms with Crippen molar-refractivity contribution in [2.45, 2.75) is 29.6 Å². The molecule has 1 unspecified atom stereocenters. The van der Waals surface area contributed by atoms with E-state index in [2.05, 4.69) is 0 Å². The molecule has 0 aromatic carbocycles. The first-order chi connectivity index (χ1) is 7.00. The molecule has 0 radical (unpaired) electrons. The van der Waals surface area contributed by atoms with Gasteiger partial charge >= 0.3 is 29.6 Å². The van der Waals surface area contributed by atoms with E-state index in [1.807, 2.05) is 0 Å². The van der Waals surface area contributed by atoms with Gasteiger partial charge in [-0.2, -0.15) is 43.9 Å². The highest BCUT2D eigenvalue weighted by atomic mass is 31.0. The SMILES string of the molecule is FC(F)(F)C(F)(C(F)(F)F)C(F)(F)C(F)(F)P. The van der Waals surface area contributed by atoms with E-state index in [4.69, 9.17) is 0 Å². The molecule has 0 aliphatic carbocycles. The van der Waals surface area contributed by atoms with E-state index in [1.54, 1.807) is 0 Å². The minimum Gasteiger partial charge on any atom is -0.216 e. The summed E-state index contributed by atoms with van der Waals surface area (Å²) in [4.78, 5) is 0. The zero-order valence-corrected chi connectivity index (χ0v) is 8.39. The van der Waals surface area contributed by atoms with Crippen molar-refractivity contribution in [3.05, 3.63) is 0 Å². The number of rotatable bonds is 2. The summed E-state index contributed by atoms with van der Waals surface area (Å²) < 4.78 is 132. The van der Waals surface area contributed by atoms with Crippen molar-refractivity contribution in [3.8, 4) is 0 Å². The van der Waals surface area contributed by atoms with Crippen LogP contribution >= 0.6 is 9.24 Å². The van der Waals surface area contributed by atoms with Gasteiger partial charge in [-0.1, -0.05) is 9.24 Å². The summed E-state index contributed by atoms with van der Waals surface area (Å²) >= 11 is 0. The lowest BCUT2D eigenvalue weighted by Gasteiger charge is -2.38. The Labute approximate surface area is 88.3 Å². The Hall–Kier alpha value is -0.340. The third kappa shape index (κ3) is 2.30. The normalized spacial score (nSPS) is 16.2. The highest BCUT2D eigenvalue weighted by Gasteiger charge is 2.89. The van der Waals surface area contributed by atoms with Crippen LogP contribution in [0.2, 0.25) is 0 Å². The third-order valence-corrected chi connectivity index (χ3v) is 2.00. The Morgan fingerprint density at radius 2 is 0.765 bits per heavy atom. The van der Waals surface area contributed by atoms with Crippen LogP contribution in [0, 0.1) is 0 Å². The zero-order valence-electron chi connectivity index (χ0n) is 7.23. The van der Waals surface area contributed by atoms with Crippen LogP contribution < -0.4 is 0 Å². The van der Waals surface area contributed by atoms with Crippen LogP contribution in [0.1, 0.15) is 0 Å². The van der Waals surface area contributed by atoms with Gasteiger partial charge in [0.05, 0.1) is 0 Å². The average Bonchev–Trinajstić information content (AvgIpc) is 1.95. The Kier molecular flexibility index (Phi) is 3.75. The summed E-state index contributed by atoms with van der Waals surface area (Å²) in [7, 11) is -0.260. The fourth-order valence-electron chi connectivity index (χ4n) is 0.746. The maximum Gasteiger partial charge on any atom is 0.438 e. The second kappa shape index (κ2) is 3.83. The van der Waals surface area contributed by atoms with E-state index in [9.17, 15) is 48.3 Å². The highest BCUT2D eigenvalue weighted by molar-refractivity contribution is 7.18. The first-order valence-electron chi connectivity index (χ1n) is 3.37. The van der Waals surface area contributed by atoms with Gasteiger partial charge in [0, 0.05) is 0 Å². The lowest BCUT2D eigenvalue weighted by Crippen LogP contribution is -2.68. The maximum absolute atomic E-state index is 12.6. The molecule has 0 spiro atoms. The van der Waals surface area contributed by atoms with Gasteiger partial charge in [-0.05, 0) is 0 Å². The summed E-state index contributed by atoms with van der Waals surface area (Å²) in [6.45, 7) is 0. The number of hydrogen-bond donors (Lipinski definition) is 0. The van der Waals surface area contributed by atoms with E-state index in [1.165, 1.54) is 0 Å². The van der Waals surface area contributed by atoms with E-state index < -0.39 is 29.6 Å². The summed E-state index contributed by atoms with van der Waals surface area (Å²) in [5.74, 6) is -7.03. The van der Waals surface area contributed by atoms with Crippen LogP contribution in [-0.2, 0) is 0 Å². The molecule has 0 N–H and O–H groups in total. The van der Waals surface area contributed by atoms with E-state index in [0.717, 1.165) is 0 Å². The Morgan fingerprint density at radius 1 is 0.529 bits per heavy atom. The van der Waals surface area contributed by atoms with Crippen molar-refractivity contribution in [1.82, 2.24) is 0 Å². The Morgan fingerprint density at radius 3 is 0.824 bits per heavy atom. The molecule has 0 aliphatic rings. The molecule has 0 heterocycles. The second-order valence-electron chi connectivity index (χ2n) is 2.85. The van der Waals surface area contributed by atoms with Gasteiger partial charge < -0.3 is 0 Å². The number of halogens is 11. The first kappa shape index (κ1) is 16.7. The predicted molar refractivity (Wildman–Crippen MR) is 35.6 cm³/mol. The molecule has 0 rings (SSSR count). The van der Waals surface area contributed by atoms with Crippen molar-refractivity contribution < 1.29 is 48.3 Å². The molecular weight excluding hydrogens is 300 g/mol. The van der Waals surface area contributed by atoms with Gasteiger partial charge in [-0.3, -0.25) is 0 Å². The van der Waals surface area contributed by atoms with Gasteiger partial charge in [0.2, 0.25) is 0 Å². The molecule has 0 nitrogen and oxygen atoms in total. The first-order valence-corrected chi connectivity index (χ1v) is 3.94. The Balaban J connectivity index is 6.04. The molecule has 0 saturated heterocycles. The summed E-state index contributed by atoms with van der Waals surface area (Å²) in [5, 5.41) is 0. The summed E-state index contributed by atoms with van der Waals surface area (Å²) in [6, 6.07) is 0. The molecule has 1 atom stereocenters. The van der Waals surface area contributed by atoms with Crippen LogP contribution in [0.25, 0.3) is 0 Å². The minimum atomic E-state index is -7.35. The predicted octanol–water partition coefficient (Wildman–Crippen LogP) is 3.92. The summed E-state index contributed by atoms with van der Waals surface area (Å²) in [6.07, 6.45) is -14.5. The van der Waals surface area contributed by atoms with Gasteiger partial charge in [0.25, 0.3) is 0 Å². The molecule has 0 aliphatic heterocycles. The van der Waals surface area contributed by atoms with Crippen LogP contribution in [0.5, 0.6) is 0 Å². The molecule has 17 heavy (non-hydrogen) atoms. The standard InChI is InChI=1S/C5H2F11P/c6-1(3(9,10)11,4(12,13)14)2(7,8)5(15,16)17/h17H2. The van der Waals surface area contributed by atoms with Crippen molar-refractivity contribution in [3.63, 3.8) is 0 Å². The molecule has 0 amide bonds. The molecule has 0 aromatic heterocycles. The molecule has 0 bridgehead atoms. The number of hydrogen-bond acceptors (Lipinski definition) is 0. The van der Waals surface area contributed by atoms with E-state index in [-0.39, 0.29) is 9.24 Å². The monoisotopic (exact) mass is 302 g/mol. The lowest BCUT2D eigenvalue weighted by molar-refractivity contribution is -0.415. The Bertz CT molecular complexity index is 266. The van der Waals surface area contributed by atoms with E-state index >= 15 is 0 Å². The molecule has 104 valence electrons. The lowest BCUT2D eigenvalue weighted by atomic mass is 9.96. The van der Waals surface area contributed by atoms with Gasteiger partial charge in [0.1, 0.15) is 0 Å². The minimum absolute atomic E-state index is 0.260. The largest absolute Gasteiger partial charge is 0.438 e. The van der Waals surface area contributed by atoms with Gasteiger partial charge in [-0.15, -0.1) is 0 Å². The summed E-state index contributed by atoms with van der Waals surface area (Å²) in [5.41, 5.74) is -13.3. The van der Waals surface area contributed by atoms with Crippen LogP contribution in [-0.4, -0.2) is 29.6 Å². The highest BCUT2D eigenvalue weighted by Crippen LogP contribution is 2.60. The van der Waals surface area contributed by atoms with Crippen LogP contribution in [0.3, 0.4) is 0 Å². The molecule has 0 fully saturated rings. The maximum atomic E-state index is 12.6. The van der Waals surface area contributed by atoms with Gasteiger partial charge in [0.15, 0.2) is 0 Å². The molecular formula is C5H2F11P. The van der Waals surface area contributed by atoms with E-state index in [0.29, 0.717) is 0 Å². The van der Waals surface area contributed by atoms with Crippen LogP contribution in [0.4, 0.5) is 48.3 Å². The molecule has 0 saturated carbocycles. The van der Waals surface area contributed by atoms with Crippen molar-refractivity contribution in [1.29, 1.82) is 0 Å². The average molecular weight is 302 g/mol. The molecule has 12 heteroatoms. The van der Waals surface area contributed by atoms with Crippen molar-refractivity contribution in [2.24, 2.45) is 0 Å². The van der Waals surface area contributed by atoms with Crippen molar-refractivity contribution in [2.75, 3.05) is 0 Å². The van der Waals surface area contributed by atoms with Gasteiger partial charge in [-0.25, -0.2) is 4.39 Å². The topological polar surface area (TPSA) is 0 Å². The third-order valence-electron chi connectivity index (χ3n) is 1.63. The van der Waals surface area contributed by atoms with Crippen LogP contribution in [0.15, 0.2) is 0 Å².